The first-order chi connectivity index (χ1) is 9.24. The third-order valence-corrected chi connectivity index (χ3v) is 3.77. The molecule has 96 valence electrons. The fraction of sp³-hybridized carbons (Fsp3) is 0.188. The zero-order valence-electron chi connectivity index (χ0n) is 10.4. The minimum atomic E-state index is 0.450. The average molecular weight is 272 g/mol. The molecule has 0 bridgehead atoms. The molecule has 0 unspecified atom stereocenters. The van der Waals surface area contributed by atoms with Gasteiger partial charge in [-0.2, -0.15) is 0 Å². The van der Waals surface area contributed by atoms with Crippen molar-refractivity contribution in [1.82, 2.24) is 0 Å². The third kappa shape index (κ3) is 2.49. The number of rotatable bonds is 3. The van der Waals surface area contributed by atoms with Gasteiger partial charge in [-0.3, -0.25) is 0 Å². The number of hydrogen-bond acceptors (Lipinski definition) is 2. The largest absolute Gasteiger partial charge is 0.489 e. The number of benzene rings is 2. The minimum absolute atomic E-state index is 0.450. The molecule has 0 saturated heterocycles. The van der Waals surface area contributed by atoms with Gasteiger partial charge in [0, 0.05) is 21.9 Å². The zero-order chi connectivity index (χ0) is 13.2. The minimum Gasteiger partial charge on any atom is -0.489 e. The molecule has 0 heterocycles. The van der Waals surface area contributed by atoms with Crippen molar-refractivity contribution in [3.8, 4) is 5.75 Å². The lowest BCUT2D eigenvalue weighted by Crippen LogP contribution is -1.98. The van der Waals surface area contributed by atoms with Crippen LogP contribution in [-0.2, 0) is 13.0 Å². The Balaban J connectivity index is 1.76. The Bertz CT molecular complexity index is 636. The van der Waals surface area contributed by atoms with Crippen LogP contribution in [0, 0.1) is 5.41 Å². The molecule has 2 nitrogen and oxygen atoms in total. The molecule has 0 spiro atoms. The molecule has 2 aromatic rings. The summed E-state index contributed by atoms with van der Waals surface area (Å²) in [5, 5.41) is 8.60. The third-order valence-electron chi connectivity index (χ3n) is 3.40. The van der Waals surface area contributed by atoms with Gasteiger partial charge in [-0.15, -0.1) is 0 Å². The Kier molecular flexibility index (Phi) is 3.26. The van der Waals surface area contributed by atoms with E-state index in [2.05, 4.69) is 6.07 Å². The van der Waals surface area contributed by atoms with Gasteiger partial charge in [0.25, 0.3) is 0 Å². The molecule has 0 amide bonds. The van der Waals surface area contributed by atoms with Gasteiger partial charge in [-0.05, 0) is 36.6 Å². The summed E-state index contributed by atoms with van der Waals surface area (Å²) in [6.45, 7) is 0.450. The van der Waals surface area contributed by atoms with Gasteiger partial charge >= 0.3 is 0 Å². The van der Waals surface area contributed by atoms with Crippen LogP contribution in [0.3, 0.4) is 0 Å². The molecule has 19 heavy (non-hydrogen) atoms. The lowest BCUT2D eigenvalue weighted by atomic mass is 10.1. The SMILES string of the molecule is N=C1CCc2ccc(OCc3ccccc3Cl)cc21. The van der Waals surface area contributed by atoms with Gasteiger partial charge in [0.15, 0.2) is 0 Å². The van der Waals surface area contributed by atoms with Gasteiger partial charge in [-0.25, -0.2) is 0 Å². The van der Waals surface area contributed by atoms with E-state index < -0.39 is 0 Å². The highest BCUT2D eigenvalue weighted by Gasteiger charge is 2.16. The van der Waals surface area contributed by atoms with Crippen molar-refractivity contribution in [2.24, 2.45) is 0 Å². The fourth-order valence-electron chi connectivity index (χ4n) is 2.32. The molecule has 0 saturated carbocycles. The van der Waals surface area contributed by atoms with E-state index >= 15 is 0 Å². The lowest BCUT2D eigenvalue weighted by Gasteiger charge is -2.09. The first-order valence-corrected chi connectivity index (χ1v) is 6.69. The fourth-order valence-corrected chi connectivity index (χ4v) is 2.51. The predicted octanol–water partition coefficient (Wildman–Crippen LogP) is 4.23. The van der Waals surface area contributed by atoms with E-state index in [0.29, 0.717) is 12.3 Å². The van der Waals surface area contributed by atoms with E-state index in [1.54, 1.807) is 0 Å². The Labute approximate surface area is 117 Å². The molecule has 0 aliphatic heterocycles. The van der Waals surface area contributed by atoms with Crippen LogP contribution in [0.15, 0.2) is 42.5 Å². The average Bonchev–Trinajstić information content (AvgIpc) is 2.79. The number of halogens is 1. The topological polar surface area (TPSA) is 33.1 Å². The smallest absolute Gasteiger partial charge is 0.120 e. The second-order valence-electron chi connectivity index (χ2n) is 4.68. The van der Waals surface area contributed by atoms with Crippen molar-refractivity contribution in [1.29, 1.82) is 5.41 Å². The molecule has 0 radical (unpaired) electrons. The Hall–Kier alpha value is -1.80. The van der Waals surface area contributed by atoms with Crippen LogP contribution in [0.4, 0.5) is 0 Å². The second-order valence-corrected chi connectivity index (χ2v) is 5.08. The quantitative estimate of drug-likeness (QED) is 0.890. The monoisotopic (exact) mass is 271 g/mol. The van der Waals surface area contributed by atoms with Gasteiger partial charge in [0.2, 0.25) is 0 Å². The summed E-state index contributed by atoms with van der Waals surface area (Å²) in [5.74, 6) is 0.797. The summed E-state index contributed by atoms with van der Waals surface area (Å²) in [6, 6.07) is 13.6. The first-order valence-electron chi connectivity index (χ1n) is 6.31. The normalized spacial score (nSPS) is 13.4. The van der Waals surface area contributed by atoms with E-state index in [-0.39, 0.29) is 0 Å². The van der Waals surface area contributed by atoms with Crippen molar-refractivity contribution in [2.45, 2.75) is 19.4 Å². The molecule has 2 aromatic carbocycles. The van der Waals surface area contributed by atoms with Crippen LogP contribution in [0.1, 0.15) is 23.1 Å². The lowest BCUT2D eigenvalue weighted by molar-refractivity contribution is 0.306. The van der Waals surface area contributed by atoms with Crippen LogP contribution < -0.4 is 4.74 Å². The van der Waals surface area contributed by atoms with E-state index in [4.69, 9.17) is 21.7 Å². The van der Waals surface area contributed by atoms with Gasteiger partial charge in [0.05, 0.1) is 0 Å². The molecule has 3 rings (SSSR count). The molecule has 1 aliphatic carbocycles. The zero-order valence-corrected chi connectivity index (χ0v) is 11.2. The summed E-state index contributed by atoms with van der Waals surface area (Å²) in [7, 11) is 0. The van der Waals surface area contributed by atoms with Crippen LogP contribution >= 0.6 is 11.6 Å². The highest BCUT2D eigenvalue weighted by molar-refractivity contribution is 6.31. The first kappa shape index (κ1) is 12.2. The number of nitrogens with one attached hydrogen (secondary N) is 1. The molecule has 3 heteroatoms. The van der Waals surface area contributed by atoms with Crippen molar-refractivity contribution in [3.63, 3.8) is 0 Å². The molecule has 0 atom stereocenters. The van der Waals surface area contributed by atoms with Crippen molar-refractivity contribution >= 4 is 17.3 Å². The highest BCUT2D eigenvalue weighted by Crippen LogP contribution is 2.27. The Morgan fingerprint density at radius 1 is 1.11 bits per heavy atom. The molecule has 0 aromatic heterocycles. The van der Waals surface area contributed by atoms with Crippen LogP contribution in [0.25, 0.3) is 0 Å². The van der Waals surface area contributed by atoms with Crippen LogP contribution in [-0.4, -0.2) is 5.71 Å². The number of ether oxygens (including phenoxy) is 1. The number of hydrogen-bond donors (Lipinski definition) is 1. The van der Waals surface area contributed by atoms with Crippen molar-refractivity contribution in [2.75, 3.05) is 0 Å². The van der Waals surface area contributed by atoms with E-state index in [9.17, 15) is 0 Å². The van der Waals surface area contributed by atoms with Crippen molar-refractivity contribution < 1.29 is 4.74 Å². The number of fused-ring (bicyclic) bond motifs is 1. The summed E-state index contributed by atoms with van der Waals surface area (Å²) in [5.41, 5.74) is 3.95. The Morgan fingerprint density at radius 2 is 1.95 bits per heavy atom. The molecule has 1 N–H and O–H groups in total. The van der Waals surface area contributed by atoms with Gasteiger partial charge in [0.1, 0.15) is 12.4 Å². The van der Waals surface area contributed by atoms with Gasteiger partial charge in [-0.1, -0.05) is 35.9 Å². The summed E-state index contributed by atoms with van der Waals surface area (Å²) < 4.78 is 5.77. The predicted molar refractivity (Wildman–Crippen MR) is 77.4 cm³/mol. The maximum atomic E-state index is 7.88. The van der Waals surface area contributed by atoms with Crippen LogP contribution in [0.2, 0.25) is 5.02 Å². The van der Waals surface area contributed by atoms with Crippen molar-refractivity contribution in [3.05, 3.63) is 64.2 Å². The standard InChI is InChI=1S/C16H14ClNO/c17-15-4-2-1-3-12(15)10-19-13-7-5-11-6-8-16(18)14(11)9-13/h1-5,7,9,18H,6,8,10H2. The molecule has 0 fully saturated rings. The highest BCUT2D eigenvalue weighted by atomic mass is 35.5. The maximum Gasteiger partial charge on any atom is 0.120 e. The molecule has 1 aliphatic rings. The molecular formula is C16H14ClNO. The van der Waals surface area contributed by atoms with E-state index in [1.807, 2.05) is 36.4 Å². The maximum absolute atomic E-state index is 7.88. The summed E-state index contributed by atoms with van der Waals surface area (Å²) >= 11 is 6.09. The summed E-state index contributed by atoms with van der Waals surface area (Å²) in [4.78, 5) is 0. The molecular weight excluding hydrogens is 258 g/mol. The Morgan fingerprint density at radius 3 is 2.79 bits per heavy atom. The van der Waals surface area contributed by atoms with Crippen LogP contribution in [0.5, 0.6) is 5.75 Å². The van der Waals surface area contributed by atoms with E-state index in [0.717, 1.165) is 34.7 Å². The van der Waals surface area contributed by atoms with E-state index in [1.165, 1.54) is 5.56 Å². The van der Waals surface area contributed by atoms with Gasteiger partial charge < -0.3 is 10.1 Å². The second kappa shape index (κ2) is 5.06. The summed E-state index contributed by atoms with van der Waals surface area (Å²) in [6.07, 6.45) is 1.81. The number of aryl methyl sites for hydroxylation is 1.